The van der Waals surface area contributed by atoms with Crippen LogP contribution in [0.3, 0.4) is 0 Å². The van der Waals surface area contributed by atoms with Crippen LogP contribution in [0.1, 0.15) is 29.0 Å². The summed E-state index contributed by atoms with van der Waals surface area (Å²) in [6, 6.07) is 65.9. The second-order valence-corrected chi connectivity index (χ2v) is 16.8. The lowest BCUT2D eigenvalue weighted by molar-refractivity contribution is 0.411. The molecule has 6 heteroatoms. The number of hydrogen-bond acceptors (Lipinski definition) is 5. The normalized spacial score (nSPS) is 15.9. The Hall–Kier alpha value is -6.57. The first-order valence-corrected chi connectivity index (χ1v) is 21.0. The molecule has 2 N–H and O–H groups in total. The fourth-order valence-electron chi connectivity index (χ4n) is 8.93. The quantitative estimate of drug-likeness (QED) is 0.183. The maximum absolute atomic E-state index is 5.41. The zero-order chi connectivity index (χ0) is 37.5. The lowest BCUT2D eigenvalue weighted by Gasteiger charge is -2.32. The number of aliphatic imine (C=N–C) groups is 1. The highest BCUT2D eigenvalue weighted by molar-refractivity contribution is 7.26. The topological polar surface area (TPSA) is 41.4 Å². The van der Waals surface area contributed by atoms with Crippen molar-refractivity contribution in [2.24, 2.45) is 4.99 Å². The minimum Gasteiger partial charge on any atom is -0.350 e. The zero-order valence-electron chi connectivity index (χ0n) is 30.7. The first-order valence-electron chi connectivity index (χ1n) is 19.4. The Balaban J connectivity index is 1.01. The van der Waals surface area contributed by atoms with Gasteiger partial charge in [0, 0.05) is 67.9 Å². The maximum Gasteiger partial charge on any atom is 0.133 e. The molecule has 12 rings (SSSR count). The highest BCUT2D eigenvalue weighted by Gasteiger charge is 2.29. The Morgan fingerprint density at radius 2 is 1.16 bits per heavy atom. The van der Waals surface area contributed by atoms with Gasteiger partial charge < -0.3 is 9.88 Å². The van der Waals surface area contributed by atoms with Crippen molar-refractivity contribution in [3.8, 4) is 16.8 Å². The largest absolute Gasteiger partial charge is 0.350 e. The number of thiophene rings is 2. The van der Waals surface area contributed by atoms with E-state index >= 15 is 0 Å². The average molecular weight is 767 g/mol. The van der Waals surface area contributed by atoms with E-state index in [0.717, 1.165) is 17.0 Å². The molecule has 3 aromatic heterocycles. The van der Waals surface area contributed by atoms with Crippen molar-refractivity contribution < 1.29 is 0 Å². The van der Waals surface area contributed by atoms with Crippen LogP contribution in [0.2, 0.25) is 0 Å². The Kier molecular flexibility index (Phi) is 7.45. The van der Waals surface area contributed by atoms with Crippen LogP contribution in [0, 0.1) is 0 Å². The van der Waals surface area contributed by atoms with Crippen molar-refractivity contribution in [1.82, 2.24) is 15.2 Å². The zero-order valence-corrected chi connectivity index (χ0v) is 32.3. The lowest BCUT2D eigenvalue weighted by atomic mass is 9.97. The molecule has 0 amide bonds. The van der Waals surface area contributed by atoms with Gasteiger partial charge in [-0.1, -0.05) is 133 Å². The highest BCUT2D eigenvalue weighted by Crippen LogP contribution is 2.44. The van der Waals surface area contributed by atoms with E-state index in [1.165, 1.54) is 84.5 Å². The number of hydrogen-bond donors (Lipinski definition) is 2. The van der Waals surface area contributed by atoms with Crippen LogP contribution < -0.4 is 10.6 Å². The summed E-state index contributed by atoms with van der Waals surface area (Å²) >= 11 is 3.72. The Morgan fingerprint density at radius 3 is 2.05 bits per heavy atom. The van der Waals surface area contributed by atoms with Gasteiger partial charge in [0.05, 0.1) is 11.0 Å². The minimum atomic E-state index is -0.220. The molecule has 4 nitrogen and oxygen atoms in total. The van der Waals surface area contributed by atoms with Crippen molar-refractivity contribution in [2.45, 2.75) is 12.3 Å². The SMILES string of the molecule is c1ccc(C2N=C(c3cccc4c3sc3cccc(-c5ccc6c(c5)c5ccccc5n6-c5ccccc5)c34)NC(c3cccc4c3sc3ccccc34)N2)cc1. The van der Waals surface area contributed by atoms with Crippen LogP contribution in [0.5, 0.6) is 0 Å². The lowest BCUT2D eigenvalue weighted by Crippen LogP contribution is -2.45. The fourth-order valence-corrected chi connectivity index (χ4v) is 11.4. The molecule has 0 spiro atoms. The molecule has 2 atom stereocenters. The van der Waals surface area contributed by atoms with E-state index in [-0.39, 0.29) is 12.3 Å². The molecule has 0 aliphatic carbocycles. The van der Waals surface area contributed by atoms with Crippen LogP contribution in [0.15, 0.2) is 187 Å². The Morgan fingerprint density at radius 1 is 0.491 bits per heavy atom. The van der Waals surface area contributed by atoms with Crippen LogP contribution in [-0.2, 0) is 0 Å². The number of rotatable bonds is 5. The predicted molar refractivity (Wildman–Crippen MR) is 243 cm³/mol. The van der Waals surface area contributed by atoms with Gasteiger partial charge in [-0.05, 0) is 65.2 Å². The summed E-state index contributed by atoms with van der Waals surface area (Å²) in [4.78, 5) is 5.41. The Labute approximate surface area is 337 Å². The number of nitrogens with one attached hydrogen (secondary N) is 2. The third kappa shape index (κ3) is 5.19. The first-order chi connectivity index (χ1) is 28.3. The van der Waals surface area contributed by atoms with Gasteiger partial charge in [-0.15, -0.1) is 22.7 Å². The second kappa shape index (κ2) is 13.0. The van der Waals surface area contributed by atoms with Crippen molar-refractivity contribution in [1.29, 1.82) is 0 Å². The summed E-state index contributed by atoms with van der Waals surface area (Å²) in [7, 11) is 0. The molecule has 0 fully saturated rings. The van der Waals surface area contributed by atoms with Gasteiger partial charge in [0.2, 0.25) is 0 Å². The molecule has 1 aliphatic rings. The molecule has 4 heterocycles. The van der Waals surface area contributed by atoms with Gasteiger partial charge >= 0.3 is 0 Å². The molecule has 0 bridgehead atoms. The van der Waals surface area contributed by atoms with Crippen LogP contribution in [0.4, 0.5) is 0 Å². The summed E-state index contributed by atoms with van der Waals surface area (Å²) in [5, 5.41) is 15.4. The number of benzene rings is 8. The molecule has 1 aliphatic heterocycles. The predicted octanol–water partition coefficient (Wildman–Crippen LogP) is 13.5. The summed E-state index contributed by atoms with van der Waals surface area (Å²) < 4.78 is 7.48. The first kappa shape index (κ1) is 32.7. The second-order valence-electron chi connectivity index (χ2n) is 14.7. The van der Waals surface area contributed by atoms with Crippen molar-refractivity contribution in [2.75, 3.05) is 0 Å². The minimum absolute atomic E-state index is 0.149. The molecule has 11 aromatic rings. The molecular weight excluding hydrogens is 733 g/mol. The van der Waals surface area contributed by atoms with Gasteiger partial charge in [-0.2, -0.15) is 0 Å². The van der Waals surface area contributed by atoms with Gasteiger partial charge in [-0.25, -0.2) is 4.99 Å². The number of fused-ring (bicyclic) bond motifs is 9. The highest BCUT2D eigenvalue weighted by atomic mass is 32.1. The van der Waals surface area contributed by atoms with Crippen LogP contribution in [-0.4, -0.2) is 10.4 Å². The third-order valence-corrected chi connectivity index (χ3v) is 13.9. The van der Waals surface area contributed by atoms with E-state index in [2.05, 4.69) is 197 Å². The van der Waals surface area contributed by atoms with Crippen molar-refractivity contribution >= 4 is 90.7 Å². The van der Waals surface area contributed by atoms with Gasteiger partial charge in [-0.3, -0.25) is 5.32 Å². The standard InChI is InChI=1S/C51H34N4S2/c1-3-14-31(15-4-1)49-52-50(39-23-11-21-37-36-19-8-10-26-44(36)56-47(37)39)54-51(53-49)40-24-12-22-38-46-34(20-13-27-45(46)57-48(38)40)32-28-29-43-41(30-32)35-18-7-9-25-42(35)55(43)33-16-5-2-6-17-33/h1-30,49-50,52H,(H,53,54). The third-order valence-electron chi connectivity index (χ3n) is 11.5. The fraction of sp³-hybridized carbons (Fsp3) is 0.0392. The molecule has 8 aromatic carbocycles. The Bertz CT molecular complexity index is 3370. The van der Waals surface area contributed by atoms with Gasteiger partial charge in [0.25, 0.3) is 0 Å². The molecule has 0 saturated heterocycles. The molecule has 0 saturated carbocycles. The van der Waals surface area contributed by atoms with E-state index < -0.39 is 0 Å². The summed E-state index contributed by atoms with van der Waals surface area (Å²) in [5.74, 6) is 0.902. The van der Waals surface area contributed by atoms with Crippen molar-refractivity contribution in [3.05, 3.63) is 199 Å². The van der Waals surface area contributed by atoms with E-state index in [1.54, 1.807) is 0 Å². The molecule has 2 unspecified atom stereocenters. The van der Waals surface area contributed by atoms with Crippen LogP contribution >= 0.6 is 22.7 Å². The monoisotopic (exact) mass is 766 g/mol. The number of para-hydroxylation sites is 2. The van der Waals surface area contributed by atoms with Gasteiger partial charge in [0.15, 0.2) is 0 Å². The van der Waals surface area contributed by atoms with E-state index in [1.807, 2.05) is 22.7 Å². The summed E-state index contributed by atoms with van der Waals surface area (Å²) in [6.07, 6.45) is -0.369. The number of aromatic nitrogens is 1. The molecule has 270 valence electrons. The molecule has 57 heavy (non-hydrogen) atoms. The number of nitrogens with zero attached hydrogens (tertiary/aromatic N) is 2. The molecular formula is C51H34N4S2. The average Bonchev–Trinajstić information content (AvgIpc) is 3.96. The van der Waals surface area contributed by atoms with E-state index in [0.29, 0.717) is 0 Å². The van der Waals surface area contributed by atoms with E-state index in [9.17, 15) is 0 Å². The summed E-state index contributed by atoms with van der Waals surface area (Å²) in [6.45, 7) is 0. The van der Waals surface area contributed by atoms with Gasteiger partial charge in [0.1, 0.15) is 18.2 Å². The van der Waals surface area contributed by atoms with Crippen LogP contribution in [0.25, 0.3) is 79.0 Å². The number of amidine groups is 1. The maximum atomic E-state index is 5.41. The summed E-state index contributed by atoms with van der Waals surface area (Å²) in [5.41, 5.74) is 9.54. The van der Waals surface area contributed by atoms with E-state index in [4.69, 9.17) is 4.99 Å². The molecule has 0 radical (unpaired) electrons. The van der Waals surface area contributed by atoms with Crippen molar-refractivity contribution in [3.63, 3.8) is 0 Å². The smallest absolute Gasteiger partial charge is 0.133 e.